The molecule has 0 aliphatic carbocycles. The van der Waals surface area contributed by atoms with Crippen LogP contribution < -0.4 is 15.4 Å². The zero-order valence-electron chi connectivity index (χ0n) is 15.7. The third-order valence-electron chi connectivity index (χ3n) is 5.13. The normalized spacial score (nSPS) is 14.9. The fourth-order valence-corrected chi connectivity index (χ4v) is 3.47. The van der Waals surface area contributed by atoms with Gasteiger partial charge in [-0.25, -0.2) is 0 Å². The molecule has 0 atom stereocenters. The van der Waals surface area contributed by atoms with Gasteiger partial charge in [-0.05, 0) is 61.8 Å². The summed E-state index contributed by atoms with van der Waals surface area (Å²) >= 11 is 0. The standard InChI is InChI=1S/C22H26N4O/c1-27-21-8-2-17(3-9-21)16-24-19-6-4-18(5-7-19)22-12-15-26(25-22)20-10-13-23-14-11-20/h2-9,12,15,20,23-24H,10-11,13-14,16H2,1H3. The molecule has 0 spiro atoms. The summed E-state index contributed by atoms with van der Waals surface area (Å²) in [5.41, 5.74) is 4.51. The van der Waals surface area contributed by atoms with Gasteiger partial charge in [0.2, 0.25) is 0 Å². The first kappa shape index (κ1) is 17.6. The maximum atomic E-state index is 5.20. The van der Waals surface area contributed by atoms with Crippen LogP contribution in [0, 0.1) is 0 Å². The second-order valence-electron chi connectivity index (χ2n) is 6.94. The minimum Gasteiger partial charge on any atom is -0.497 e. The summed E-state index contributed by atoms with van der Waals surface area (Å²) in [4.78, 5) is 0. The molecule has 0 unspecified atom stereocenters. The highest BCUT2D eigenvalue weighted by Crippen LogP contribution is 2.23. The van der Waals surface area contributed by atoms with Crippen LogP contribution in [0.2, 0.25) is 0 Å². The number of ether oxygens (including phenoxy) is 1. The van der Waals surface area contributed by atoms with Crippen LogP contribution in [0.25, 0.3) is 11.3 Å². The zero-order valence-corrected chi connectivity index (χ0v) is 15.7. The second-order valence-corrected chi connectivity index (χ2v) is 6.94. The van der Waals surface area contributed by atoms with Crippen molar-refractivity contribution in [2.75, 3.05) is 25.5 Å². The van der Waals surface area contributed by atoms with E-state index in [1.165, 1.54) is 5.56 Å². The number of piperidine rings is 1. The quantitative estimate of drug-likeness (QED) is 0.693. The van der Waals surface area contributed by atoms with Crippen molar-refractivity contribution in [1.82, 2.24) is 15.1 Å². The minimum absolute atomic E-state index is 0.519. The molecule has 2 heterocycles. The third kappa shape index (κ3) is 4.31. The van der Waals surface area contributed by atoms with Crippen molar-refractivity contribution in [3.05, 3.63) is 66.4 Å². The van der Waals surface area contributed by atoms with E-state index >= 15 is 0 Å². The molecule has 2 N–H and O–H groups in total. The van der Waals surface area contributed by atoms with Gasteiger partial charge in [-0.15, -0.1) is 0 Å². The number of nitrogens with one attached hydrogen (secondary N) is 2. The van der Waals surface area contributed by atoms with E-state index in [9.17, 15) is 0 Å². The summed E-state index contributed by atoms with van der Waals surface area (Å²) < 4.78 is 7.33. The van der Waals surface area contributed by atoms with Crippen molar-refractivity contribution < 1.29 is 4.74 Å². The maximum Gasteiger partial charge on any atom is 0.118 e. The Morgan fingerprint density at radius 3 is 2.48 bits per heavy atom. The Bertz CT molecular complexity index is 849. The van der Waals surface area contributed by atoms with E-state index in [4.69, 9.17) is 9.84 Å². The Kier molecular flexibility index (Phi) is 5.39. The van der Waals surface area contributed by atoms with Crippen molar-refractivity contribution in [2.45, 2.75) is 25.4 Å². The highest BCUT2D eigenvalue weighted by molar-refractivity contribution is 5.62. The van der Waals surface area contributed by atoms with E-state index in [-0.39, 0.29) is 0 Å². The highest BCUT2D eigenvalue weighted by atomic mass is 16.5. The van der Waals surface area contributed by atoms with Crippen molar-refractivity contribution in [1.29, 1.82) is 0 Å². The van der Waals surface area contributed by atoms with Gasteiger partial charge in [0.15, 0.2) is 0 Å². The molecular weight excluding hydrogens is 336 g/mol. The van der Waals surface area contributed by atoms with Crippen molar-refractivity contribution >= 4 is 5.69 Å². The largest absolute Gasteiger partial charge is 0.497 e. The number of methoxy groups -OCH3 is 1. The second kappa shape index (κ2) is 8.27. The lowest BCUT2D eigenvalue weighted by molar-refractivity contribution is 0.343. The minimum atomic E-state index is 0.519. The molecule has 1 fully saturated rings. The lowest BCUT2D eigenvalue weighted by Gasteiger charge is -2.22. The molecule has 1 aromatic heterocycles. The lowest BCUT2D eigenvalue weighted by atomic mass is 10.1. The fraction of sp³-hybridized carbons (Fsp3) is 0.318. The van der Waals surface area contributed by atoms with Crippen LogP contribution in [0.1, 0.15) is 24.4 Å². The predicted molar refractivity (Wildman–Crippen MR) is 109 cm³/mol. The number of hydrogen-bond acceptors (Lipinski definition) is 4. The molecule has 1 aliphatic rings. The molecule has 0 radical (unpaired) electrons. The lowest BCUT2D eigenvalue weighted by Crippen LogP contribution is -2.29. The molecule has 0 bridgehead atoms. The molecular formula is C22H26N4O. The number of hydrogen-bond donors (Lipinski definition) is 2. The number of benzene rings is 2. The Morgan fingerprint density at radius 2 is 1.78 bits per heavy atom. The molecule has 0 amide bonds. The van der Waals surface area contributed by atoms with Gasteiger partial charge in [0, 0.05) is 24.0 Å². The predicted octanol–water partition coefficient (Wildman–Crippen LogP) is 4.10. The molecule has 2 aromatic carbocycles. The maximum absolute atomic E-state index is 5.20. The van der Waals surface area contributed by atoms with Crippen LogP contribution >= 0.6 is 0 Å². The van der Waals surface area contributed by atoms with Gasteiger partial charge in [0.1, 0.15) is 5.75 Å². The van der Waals surface area contributed by atoms with Crippen LogP contribution in [-0.4, -0.2) is 30.0 Å². The smallest absolute Gasteiger partial charge is 0.118 e. The average Bonchev–Trinajstić information content (AvgIpc) is 3.24. The van der Waals surface area contributed by atoms with E-state index in [1.807, 2.05) is 12.1 Å². The van der Waals surface area contributed by atoms with Crippen molar-refractivity contribution in [2.24, 2.45) is 0 Å². The van der Waals surface area contributed by atoms with E-state index in [0.717, 1.165) is 55.2 Å². The number of anilines is 1. The Morgan fingerprint density at radius 1 is 1.04 bits per heavy atom. The summed E-state index contributed by atoms with van der Waals surface area (Å²) in [5, 5.41) is 11.7. The molecule has 140 valence electrons. The molecule has 0 saturated carbocycles. The highest BCUT2D eigenvalue weighted by Gasteiger charge is 2.15. The molecule has 1 saturated heterocycles. The van der Waals surface area contributed by atoms with Gasteiger partial charge >= 0.3 is 0 Å². The van der Waals surface area contributed by atoms with Crippen LogP contribution in [0.5, 0.6) is 5.75 Å². The summed E-state index contributed by atoms with van der Waals surface area (Å²) in [7, 11) is 1.68. The van der Waals surface area contributed by atoms with Crippen molar-refractivity contribution in [3.8, 4) is 17.0 Å². The van der Waals surface area contributed by atoms with E-state index in [1.54, 1.807) is 7.11 Å². The van der Waals surface area contributed by atoms with Crippen LogP contribution in [0.4, 0.5) is 5.69 Å². The van der Waals surface area contributed by atoms with Gasteiger partial charge in [-0.3, -0.25) is 4.68 Å². The van der Waals surface area contributed by atoms with E-state index in [0.29, 0.717) is 6.04 Å². The first-order chi connectivity index (χ1) is 13.3. The average molecular weight is 362 g/mol. The fourth-order valence-electron chi connectivity index (χ4n) is 3.47. The first-order valence-corrected chi connectivity index (χ1v) is 9.55. The SMILES string of the molecule is COc1ccc(CNc2ccc(-c3ccn(C4CCNCC4)n3)cc2)cc1. The van der Waals surface area contributed by atoms with Gasteiger partial charge in [0.05, 0.1) is 18.8 Å². The summed E-state index contributed by atoms with van der Waals surface area (Å²) in [5.74, 6) is 0.882. The van der Waals surface area contributed by atoms with Crippen LogP contribution in [-0.2, 0) is 6.54 Å². The summed E-state index contributed by atoms with van der Waals surface area (Å²) in [6.45, 7) is 2.94. The number of rotatable bonds is 6. The summed E-state index contributed by atoms with van der Waals surface area (Å²) in [6.07, 6.45) is 4.41. The van der Waals surface area contributed by atoms with Crippen LogP contribution in [0.3, 0.4) is 0 Å². The topological polar surface area (TPSA) is 51.1 Å². The molecule has 1 aliphatic heterocycles. The van der Waals surface area contributed by atoms with E-state index < -0.39 is 0 Å². The summed E-state index contributed by atoms with van der Waals surface area (Å²) in [6, 6.07) is 19.2. The number of nitrogens with zero attached hydrogens (tertiary/aromatic N) is 2. The van der Waals surface area contributed by atoms with Gasteiger partial charge in [-0.1, -0.05) is 24.3 Å². The Balaban J connectivity index is 1.37. The monoisotopic (exact) mass is 362 g/mol. The first-order valence-electron chi connectivity index (χ1n) is 9.55. The van der Waals surface area contributed by atoms with Gasteiger partial charge < -0.3 is 15.4 Å². The van der Waals surface area contributed by atoms with E-state index in [2.05, 4.69) is 64.0 Å². The third-order valence-corrected chi connectivity index (χ3v) is 5.13. The van der Waals surface area contributed by atoms with Crippen LogP contribution in [0.15, 0.2) is 60.8 Å². The molecule has 5 nitrogen and oxygen atoms in total. The molecule has 5 heteroatoms. The van der Waals surface area contributed by atoms with Gasteiger partial charge in [0.25, 0.3) is 0 Å². The Labute approximate surface area is 160 Å². The molecule has 4 rings (SSSR count). The number of aromatic nitrogens is 2. The Hall–Kier alpha value is -2.79. The molecule has 27 heavy (non-hydrogen) atoms. The molecule has 3 aromatic rings. The zero-order chi connectivity index (χ0) is 18.5. The van der Waals surface area contributed by atoms with Crippen molar-refractivity contribution in [3.63, 3.8) is 0 Å². The van der Waals surface area contributed by atoms with Gasteiger partial charge in [-0.2, -0.15) is 5.10 Å².